The van der Waals surface area contributed by atoms with E-state index in [-0.39, 0.29) is 0 Å². The summed E-state index contributed by atoms with van der Waals surface area (Å²) in [5.74, 6) is -0.222. The van der Waals surface area contributed by atoms with Crippen LogP contribution in [0.15, 0.2) is 23.1 Å². The van der Waals surface area contributed by atoms with E-state index in [0.717, 1.165) is 11.8 Å². The Morgan fingerprint density at radius 3 is 2.60 bits per heavy atom. The lowest BCUT2D eigenvalue weighted by molar-refractivity contribution is -0.132. The van der Waals surface area contributed by atoms with E-state index in [1.54, 1.807) is 24.3 Å². The third-order valence-corrected chi connectivity index (χ3v) is 3.19. The molecule has 0 aromatic heterocycles. The first-order valence-electron chi connectivity index (χ1n) is 5.61. The van der Waals surface area contributed by atoms with E-state index in [1.165, 1.54) is 14.0 Å². The van der Waals surface area contributed by atoms with Gasteiger partial charge in [-0.05, 0) is 35.5 Å². The second kappa shape index (κ2) is 5.79. The Morgan fingerprint density at radius 1 is 1.30 bits per heavy atom. The van der Waals surface area contributed by atoms with Gasteiger partial charge in [-0.1, -0.05) is 6.07 Å². The maximum atomic E-state index is 11.4. The molecule has 6 nitrogen and oxygen atoms in total. The maximum Gasteiger partial charge on any atom is 0.308 e. The average Bonchev–Trinajstić information content (AvgIpc) is 2.69. The molecule has 1 heterocycles. The Bertz CT molecular complexity index is 623. The zero-order chi connectivity index (χ0) is 14.7. The number of carbonyl (C=O) groups is 3. The summed E-state index contributed by atoms with van der Waals surface area (Å²) in [4.78, 5) is 33.7. The van der Waals surface area contributed by atoms with Crippen LogP contribution in [-0.2, 0) is 9.59 Å². The van der Waals surface area contributed by atoms with Crippen molar-refractivity contribution < 1.29 is 23.9 Å². The van der Waals surface area contributed by atoms with Gasteiger partial charge in [0.05, 0.1) is 12.0 Å². The first-order valence-corrected chi connectivity index (χ1v) is 6.42. The van der Waals surface area contributed by atoms with Gasteiger partial charge in [0.25, 0.3) is 11.1 Å². The van der Waals surface area contributed by atoms with Crippen LogP contribution < -0.4 is 14.8 Å². The molecule has 0 saturated carbocycles. The molecule has 0 spiro atoms. The topological polar surface area (TPSA) is 81.7 Å². The molecule has 2 rings (SSSR count). The van der Waals surface area contributed by atoms with Crippen molar-refractivity contribution in [1.29, 1.82) is 0 Å². The highest BCUT2D eigenvalue weighted by Crippen LogP contribution is 2.31. The second-order valence-electron chi connectivity index (χ2n) is 3.86. The number of hydrogen-bond donors (Lipinski definition) is 1. The van der Waals surface area contributed by atoms with Crippen molar-refractivity contribution in [2.24, 2.45) is 0 Å². The number of benzene rings is 1. The van der Waals surface area contributed by atoms with E-state index in [1.807, 2.05) is 0 Å². The van der Waals surface area contributed by atoms with E-state index in [4.69, 9.17) is 9.47 Å². The summed E-state index contributed by atoms with van der Waals surface area (Å²) < 4.78 is 10.1. The molecule has 104 valence electrons. The number of carbonyl (C=O) groups excluding carboxylic acids is 3. The molecule has 2 amide bonds. The van der Waals surface area contributed by atoms with E-state index in [0.29, 0.717) is 22.0 Å². The van der Waals surface area contributed by atoms with Gasteiger partial charge in [0.15, 0.2) is 11.5 Å². The zero-order valence-corrected chi connectivity index (χ0v) is 11.6. The summed E-state index contributed by atoms with van der Waals surface area (Å²) in [5.41, 5.74) is 0.658. The third kappa shape index (κ3) is 3.18. The van der Waals surface area contributed by atoms with Crippen molar-refractivity contribution >= 4 is 35.0 Å². The number of rotatable bonds is 3. The van der Waals surface area contributed by atoms with Crippen molar-refractivity contribution in [2.45, 2.75) is 6.92 Å². The predicted molar refractivity (Wildman–Crippen MR) is 73.4 cm³/mol. The van der Waals surface area contributed by atoms with E-state index in [2.05, 4.69) is 5.32 Å². The third-order valence-electron chi connectivity index (χ3n) is 2.38. The number of ether oxygens (including phenoxy) is 2. The van der Waals surface area contributed by atoms with Gasteiger partial charge in [0.2, 0.25) is 0 Å². The highest BCUT2D eigenvalue weighted by molar-refractivity contribution is 8.18. The summed E-state index contributed by atoms with van der Waals surface area (Å²) in [6.07, 6.45) is 1.56. The molecular weight excluding hydrogens is 282 g/mol. The molecule has 1 aliphatic rings. The lowest BCUT2D eigenvalue weighted by Crippen LogP contribution is -2.17. The van der Waals surface area contributed by atoms with Crippen molar-refractivity contribution in [3.05, 3.63) is 28.7 Å². The van der Waals surface area contributed by atoms with Crippen LogP contribution in [-0.4, -0.2) is 24.2 Å². The van der Waals surface area contributed by atoms with Gasteiger partial charge in [-0.3, -0.25) is 19.7 Å². The fourth-order valence-electron chi connectivity index (χ4n) is 1.59. The number of hydrogen-bond acceptors (Lipinski definition) is 6. The van der Waals surface area contributed by atoms with Gasteiger partial charge >= 0.3 is 5.97 Å². The Kier molecular flexibility index (Phi) is 4.09. The molecule has 1 aromatic rings. The monoisotopic (exact) mass is 293 g/mol. The van der Waals surface area contributed by atoms with E-state index in [9.17, 15) is 14.4 Å². The number of esters is 1. The van der Waals surface area contributed by atoms with Crippen LogP contribution in [0.1, 0.15) is 12.5 Å². The quantitative estimate of drug-likeness (QED) is 0.521. The van der Waals surface area contributed by atoms with E-state index < -0.39 is 17.1 Å². The number of thioether (sulfide) groups is 1. The van der Waals surface area contributed by atoms with Crippen LogP contribution in [0, 0.1) is 0 Å². The fraction of sp³-hybridized carbons (Fsp3) is 0.154. The van der Waals surface area contributed by atoms with Crippen LogP contribution in [0.25, 0.3) is 6.08 Å². The fourth-order valence-corrected chi connectivity index (χ4v) is 2.27. The molecule has 1 fully saturated rings. The van der Waals surface area contributed by atoms with E-state index >= 15 is 0 Å². The van der Waals surface area contributed by atoms with Crippen LogP contribution in [0.5, 0.6) is 11.5 Å². The smallest absolute Gasteiger partial charge is 0.308 e. The van der Waals surface area contributed by atoms with Crippen LogP contribution in [0.3, 0.4) is 0 Å². The molecule has 0 bridgehead atoms. The summed E-state index contributed by atoms with van der Waals surface area (Å²) in [6, 6.07) is 4.83. The minimum Gasteiger partial charge on any atom is -0.493 e. The largest absolute Gasteiger partial charge is 0.493 e. The number of methoxy groups -OCH3 is 1. The molecule has 1 N–H and O–H groups in total. The van der Waals surface area contributed by atoms with Gasteiger partial charge in [0.1, 0.15) is 0 Å². The van der Waals surface area contributed by atoms with Gasteiger partial charge in [0, 0.05) is 6.92 Å². The van der Waals surface area contributed by atoms with Gasteiger partial charge in [-0.15, -0.1) is 0 Å². The first kappa shape index (κ1) is 14.1. The highest BCUT2D eigenvalue weighted by Gasteiger charge is 2.25. The number of amides is 2. The molecule has 0 radical (unpaired) electrons. The molecule has 20 heavy (non-hydrogen) atoms. The minimum atomic E-state index is -0.453. The second-order valence-corrected chi connectivity index (χ2v) is 4.87. The predicted octanol–water partition coefficient (Wildman–Crippen LogP) is 1.94. The molecule has 1 saturated heterocycles. The van der Waals surface area contributed by atoms with Gasteiger partial charge in [-0.25, -0.2) is 0 Å². The summed E-state index contributed by atoms with van der Waals surface area (Å²) in [7, 11) is 1.44. The molecule has 1 aliphatic heterocycles. The summed E-state index contributed by atoms with van der Waals surface area (Å²) in [6.45, 7) is 1.29. The standard InChI is InChI=1S/C13H11NO5S/c1-7(15)19-9-4-3-8(5-10(9)18-2)6-11-12(16)14-13(17)20-11/h3-6H,1-2H3,(H,14,16,17)/b11-6-. The number of imide groups is 1. The normalized spacial score (nSPS) is 16.2. The van der Waals surface area contributed by atoms with Crippen molar-refractivity contribution in [3.63, 3.8) is 0 Å². The first-order chi connectivity index (χ1) is 9.49. The van der Waals surface area contributed by atoms with Crippen molar-refractivity contribution in [2.75, 3.05) is 7.11 Å². The summed E-state index contributed by atoms with van der Waals surface area (Å²) >= 11 is 0.832. The van der Waals surface area contributed by atoms with Crippen LogP contribution in [0.2, 0.25) is 0 Å². The Labute approximate surface area is 119 Å². The minimum absolute atomic E-state index is 0.293. The maximum absolute atomic E-state index is 11.4. The Hall–Kier alpha value is -2.28. The lowest BCUT2D eigenvalue weighted by Gasteiger charge is -2.08. The van der Waals surface area contributed by atoms with Crippen molar-refractivity contribution in [3.8, 4) is 11.5 Å². The van der Waals surface area contributed by atoms with Gasteiger partial charge < -0.3 is 9.47 Å². The number of nitrogens with one attached hydrogen (secondary N) is 1. The molecule has 0 aliphatic carbocycles. The molecule has 1 aromatic carbocycles. The van der Waals surface area contributed by atoms with Crippen molar-refractivity contribution in [1.82, 2.24) is 5.32 Å². The summed E-state index contributed by atoms with van der Waals surface area (Å²) in [5, 5.41) is 1.77. The Balaban J connectivity index is 2.30. The molecule has 0 unspecified atom stereocenters. The van der Waals surface area contributed by atoms with Crippen LogP contribution in [0.4, 0.5) is 4.79 Å². The van der Waals surface area contributed by atoms with Gasteiger partial charge in [-0.2, -0.15) is 0 Å². The molecular formula is C13H11NO5S. The molecule has 0 atom stereocenters. The average molecular weight is 293 g/mol. The zero-order valence-electron chi connectivity index (χ0n) is 10.8. The SMILES string of the molecule is COc1cc(/C=C2\SC(=O)NC2=O)ccc1OC(C)=O. The Morgan fingerprint density at radius 2 is 2.05 bits per heavy atom. The molecule has 7 heteroatoms. The van der Waals surface area contributed by atoms with Crippen LogP contribution >= 0.6 is 11.8 Å². The lowest BCUT2D eigenvalue weighted by atomic mass is 10.2. The highest BCUT2D eigenvalue weighted by atomic mass is 32.2.